The number of ether oxygens (including phenoxy) is 1. The molecule has 0 spiro atoms. The highest BCUT2D eigenvalue weighted by atomic mass is 32.1. The van der Waals surface area contributed by atoms with Crippen LogP contribution in [0.4, 0.5) is 5.13 Å². The number of aromatic nitrogens is 1. The maximum absolute atomic E-state index is 12.9. The highest BCUT2D eigenvalue weighted by Crippen LogP contribution is 2.43. The lowest BCUT2D eigenvalue weighted by atomic mass is 9.68. The third kappa shape index (κ3) is 3.36. The third-order valence-electron chi connectivity index (χ3n) is 4.94. The lowest BCUT2D eigenvalue weighted by Crippen LogP contribution is -2.51. The quantitative estimate of drug-likeness (QED) is 0.880. The van der Waals surface area contributed by atoms with Crippen molar-refractivity contribution in [2.45, 2.75) is 32.3 Å². The second kappa shape index (κ2) is 7.15. The van der Waals surface area contributed by atoms with Gasteiger partial charge in [-0.1, -0.05) is 6.42 Å². The normalized spacial score (nSPS) is 21.0. The van der Waals surface area contributed by atoms with Crippen molar-refractivity contribution < 1.29 is 14.6 Å². The Balaban J connectivity index is 1.63. The van der Waals surface area contributed by atoms with E-state index in [0.29, 0.717) is 6.61 Å². The van der Waals surface area contributed by atoms with E-state index in [1.807, 2.05) is 10.3 Å². The Labute approximate surface area is 141 Å². The number of nitrogens with zero attached hydrogens (tertiary/aromatic N) is 3. The van der Waals surface area contributed by atoms with Gasteiger partial charge < -0.3 is 19.6 Å². The molecule has 2 aliphatic rings. The molecule has 2 fully saturated rings. The fourth-order valence-electron chi connectivity index (χ4n) is 3.46. The average Bonchev–Trinajstić information content (AvgIpc) is 2.87. The molecule has 1 saturated carbocycles. The third-order valence-corrected chi connectivity index (χ3v) is 5.89. The number of hydrogen-bond acceptors (Lipinski definition) is 6. The van der Waals surface area contributed by atoms with Gasteiger partial charge in [-0.05, 0) is 19.3 Å². The smallest absolute Gasteiger partial charge is 0.231 e. The summed E-state index contributed by atoms with van der Waals surface area (Å²) in [6, 6.07) is 0. The monoisotopic (exact) mass is 339 g/mol. The fraction of sp³-hybridized carbons (Fsp3) is 0.750. The maximum atomic E-state index is 12.9. The zero-order valence-corrected chi connectivity index (χ0v) is 14.5. The van der Waals surface area contributed by atoms with E-state index in [1.165, 1.54) is 0 Å². The Hall–Kier alpha value is -1.18. The molecule has 1 amide bonds. The second-order valence-corrected chi connectivity index (χ2v) is 7.32. The van der Waals surface area contributed by atoms with E-state index in [1.54, 1.807) is 18.4 Å². The minimum atomic E-state index is -0.269. The minimum absolute atomic E-state index is 0.0194. The van der Waals surface area contributed by atoms with Crippen LogP contribution in [0.25, 0.3) is 0 Å². The van der Waals surface area contributed by atoms with Crippen LogP contribution in [0.3, 0.4) is 0 Å². The summed E-state index contributed by atoms with van der Waals surface area (Å²) in [5.41, 5.74) is 0.450. The Morgan fingerprint density at radius 3 is 2.78 bits per heavy atom. The molecule has 0 atom stereocenters. The van der Waals surface area contributed by atoms with Crippen molar-refractivity contribution >= 4 is 22.4 Å². The molecule has 6 nitrogen and oxygen atoms in total. The summed E-state index contributed by atoms with van der Waals surface area (Å²) in [4.78, 5) is 21.6. The molecular weight excluding hydrogens is 314 g/mol. The number of hydrogen-bond donors (Lipinski definition) is 1. The van der Waals surface area contributed by atoms with Crippen molar-refractivity contribution in [3.63, 3.8) is 0 Å². The van der Waals surface area contributed by atoms with E-state index in [0.717, 1.165) is 62.7 Å². The topological polar surface area (TPSA) is 65.9 Å². The van der Waals surface area contributed by atoms with Crippen LogP contribution in [0.1, 0.15) is 31.4 Å². The van der Waals surface area contributed by atoms with Crippen molar-refractivity contribution in [1.82, 2.24) is 9.88 Å². The van der Waals surface area contributed by atoms with Gasteiger partial charge in [0.05, 0.1) is 24.3 Å². The van der Waals surface area contributed by atoms with Crippen LogP contribution in [0.5, 0.6) is 0 Å². The zero-order valence-electron chi connectivity index (χ0n) is 13.7. The van der Waals surface area contributed by atoms with Gasteiger partial charge in [-0.2, -0.15) is 0 Å². The van der Waals surface area contributed by atoms with Crippen LogP contribution in [-0.2, 0) is 16.1 Å². The van der Waals surface area contributed by atoms with Gasteiger partial charge in [-0.25, -0.2) is 4.98 Å². The van der Waals surface area contributed by atoms with Gasteiger partial charge in [0.25, 0.3) is 0 Å². The molecule has 1 N–H and O–H groups in total. The maximum Gasteiger partial charge on any atom is 0.231 e. The molecule has 0 radical (unpaired) electrons. The Morgan fingerprint density at radius 2 is 2.17 bits per heavy atom. The molecule has 3 rings (SSSR count). The molecule has 1 aliphatic carbocycles. The first-order valence-electron chi connectivity index (χ1n) is 8.27. The van der Waals surface area contributed by atoms with Gasteiger partial charge >= 0.3 is 0 Å². The summed E-state index contributed by atoms with van der Waals surface area (Å²) < 4.78 is 5.31. The molecule has 1 aliphatic heterocycles. The first-order chi connectivity index (χ1) is 11.2. The highest BCUT2D eigenvalue weighted by Gasteiger charge is 2.46. The summed E-state index contributed by atoms with van der Waals surface area (Å²) in [7, 11) is 1.68. The summed E-state index contributed by atoms with van der Waals surface area (Å²) >= 11 is 1.56. The van der Waals surface area contributed by atoms with Gasteiger partial charge in [0.1, 0.15) is 0 Å². The van der Waals surface area contributed by atoms with Crippen molar-refractivity contribution in [2.75, 3.05) is 44.8 Å². The average molecular weight is 339 g/mol. The lowest BCUT2D eigenvalue weighted by Gasteiger charge is -2.42. The number of anilines is 1. The number of aliphatic hydroxyl groups is 1. The van der Waals surface area contributed by atoms with Crippen molar-refractivity contribution in [2.24, 2.45) is 5.41 Å². The van der Waals surface area contributed by atoms with Crippen LogP contribution >= 0.6 is 11.3 Å². The second-order valence-electron chi connectivity index (χ2n) is 6.48. The molecule has 1 aromatic heterocycles. The van der Waals surface area contributed by atoms with Gasteiger partial charge in [0.2, 0.25) is 5.91 Å². The number of amides is 1. The predicted octanol–water partition coefficient (Wildman–Crippen LogP) is 1.49. The van der Waals surface area contributed by atoms with Gasteiger partial charge in [0, 0.05) is 38.7 Å². The minimum Gasteiger partial charge on any atom is -0.390 e. The lowest BCUT2D eigenvalue weighted by molar-refractivity contribution is -0.151. The number of rotatable bonds is 5. The highest BCUT2D eigenvalue weighted by molar-refractivity contribution is 7.13. The van der Waals surface area contributed by atoms with Gasteiger partial charge in [-0.3, -0.25) is 4.79 Å². The van der Waals surface area contributed by atoms with Crippen LogP contribution < -0.4 is 4.90 Å². The molecule has 1 aromatic rings. The number of thiazole rings is 1. The summed E-state index contributed by atoms with van der Waals surface area (Å²) in [5, 5.41) is 12.0. The molecule has 0 aromatic carbocycles. The Bertz CT molecular complexity index is 544. The molecule has 0 bridgehead atoms. The fourth-order valence-corrected chi connectivity index (χ4v) is 4.33. The summed E-state index contributed by atoms with van der Waals surface area (Å²) in [6.45, 7) is 3.76. The SMILES string of the molecule is COCC1(C(=O)N2CCCN(c3nc(CO)cs3)CC2)CCC1. The van der Waals surface area contributed by atoms with Crippen LogP contribution in [-0.4, -0.2) is 60.8 Å². The zero-order chi connectivity index (χ0) is 16.3. The first kappa shape index (κ1) is 16.7. The van der Waals surface area contributed by atoms with Crippen LogP contribution in [0, 0.1) is 5.41 Å². The number of carbonyl (C=O) groups excluding carboxylic acids is 1. The van der Waals surface area contributed by atoms with E-state index in [4.69, 9.17) is 9.84 Å². The number of methoxy groups -OCH3 is 1. The summed E-state index contributed by atoms with van der Waals surface area (Å²) in [6.07, 6.45) is 3.97. The molecule has 2 heterocycles. The molecular formula is C16H25N3O3S. The van der Waals surface area contributed by atoms with Gasteiger partial charge in [-0.15, -0.1) is 11.3 Å². The molecule has 7 heteroatoms. The predicted molar refractivity (Wildman–Crippen MR) is 89.6 cm³/mol. The van der Waals surface area contributed by atoms with E-state index in [2.05, 4.69) is 9.88 Å². The molecule has 0 unspecified atom stereocenters. The van der Waals surface area contributed by atoms with E-state index in [-0.39, 0.29) is 17.9 Å². The van der Waals surface area contributed by atoms with Gasteiger partial charge in [0.15, 0.2) is 5.13 Å². The van der Waals surface area contributed by atoms with Crippen molar-refractivity contribution in [3.05, 3.63) is 11.1 Å². The first-order valence-corrected chi connectivity index (χ1v) is 9.15. The van der Waals surface area contributed by atoms with Crippen LogP contribution in [0.2, 0.25) is 0 Å². The van der Waals surface area contributed by atoms with E-state index in [9.17, 15) is 4.79 Å². The number of aliphatic hydroxyl groups excluding tert-OH is 1. The standard InChI is InChI=1S/C16H25N3O3S/c1-22-12-16(4-2-5-16)14(21)18-6-3-7-19(9-8-18)15-17-13(10-20)11-23-15/h11,20H,2-10,12H2,1H3. The molecule has 128 valence electrons. The Kier molecular flexibility index (Phi) is 5.18. The van der Waals surface area contributed by atoms with Crippen LogP contribution in [0.15, 0.2) is 5.38 Å². The molecule has 1 saturated heterocycles. The largest absolute Gasteiger partial charge is 0.390 e. The number of carbonyl (C=O) groups is 1. The van der Waals surface area contributed by atoms with Crippen molar-refractivity contribution in [3.8, 4) is 0 Å². The molecule has 23 heavy (non-hydrogen) atoms. The van der Waals surface area contributed by atoms with Crippen molar-refractivity contribution in [1.29, 1.82) is 0 Å². The van der Waals surface area contributed by atoms with E-state index < -0.39 is 0 Å². The summed E-state index contributed by atoms with van der Waals surface area (Å²) in [5.74, 6) is 0.266. The Morgan fingerprint density at radius 1 is 1.35 bits per heavy atom. The van der Waals surface area contributed by atoms with E-state index >= 15 is 0 Å².